The highest BCUT2D eigenvalue weighted by molar-refractivity contribution is 5.96. The Balaban J connectivity index is 2.36. The summed E-state index contributed by atoms with van der Waals surface area (Å²) in [4.78, 5) is 10.8. The van der Waals surface area contributed by atoms with Gasteiger partial charge in [0.05, 0.1) is 0 Å². The normalized spacial score (nSPS) is 16.6. The summed E-state index contributed by atoms with van der Waals surface area (Å²) in [5.41, 5.74) is 1.24. The van der Waals surface area contributed by atoms with Gasteiger partial charge >= 0.3 is 5.97 Å². The van der Waals surface area contributed by atoms with Crippen molar-refractivity contribution in [2.24, 2.45) is 0 Å². The number of ether oxygens (including phenoxy) is 1. The van der Waals surface area contributed by atoms with Crippen molar-refractivity contribution in [1.29, 1.82) is 5.26 Å². The second-order valence-corrected chi connectivity index (χ2v) is 4.88. The van der Waals surface area contributed by atoms with Gasteiger partial charge < -0.3 is 9.84 Å². The molecule has 0 radical (unpaired) electrons. The summed E-state index contributed by atoms with van der Waals surface area (Å²) in [5.74, 6) is -0.388. The topological polar surface area (TPSA) is 70.3 Å². The molecule has 1 heterocycles. The van der Waals surface area contributed by atoms with E-state index in [1.165, 1.54) is 6.08 Å². The molecule has 1 aromatic carbocycles. The first-order valence-electron chi connectivity index (χ1n) is 5.58. The van der Waals surface area contributed by atoms with E-state index in [0.717, 1.165) is 17.7 Å². The average Bonchev–Trinajstić information content (AvgIpc) is 2.58. The summed E-state index contributed by atoms with van der Waals surface area (Å²) >= 11 is 0. The Kier molecular flexibility index (Phi) is 2.84. The first-order chi connectivity index (χ1) is 8.41. The monoisotopic (exact) mass is 243 g/mol. The second kappa shape index (κ2) is 4.19. The maximum absolute atomic E-state index is 10.8. The van der Waals surface area contributed by atoms with Gasteiger partial charge in [0.2, 0.25) is 0 Å². The Morgan fingerprint density at radius 1 is 1.56 bits per heavy atom. The van der Waals surface area contributed by atoms with Gasteiger partial charge in [-0.25, -0.2) is 4.79 Å². The van der Waals surface area contributed by atoms with E-state index in [1.807, 2.05) is 26.0 Å². The third kappa shape index (κ3) is 2.35. The van der Waals surface area contributed by atoms with Crippen LogP contribution in [0.2, 0.25) is 0 Å². The summed E-state index contributed by atoms with van der Waals surface area (Å²) in [5, 5.41) is 17.5. The predicted molar refractivity (Wildman–Crippen MR) is 66.1 cm³/mol. The maximum atomic E-state index is 10.8. The van der Waals surface area contributed by atoms with Crippen LogP contribution in [0.4, 0.5) is 0 Å². The number of benzene rings is 1. The highest BCUT2D eigenvalue weighted by Crippen LogP contribution is 2.35. The molecule has 1 aromatic rings. The van der Waals surface area contributed by atoms with Crippen molar-refractivity contribution in [2.75, 3.05) is 0 Å². The fraction of sp³-hybridized carbons (Fsp3) is 0.286. The lowest BCUT2D eigenvalue weighted by molar-refractivity contribution is -0.132. The van der Waals surface area contributed by atoms with Gasteiger partial charge in [-0.2, -0.15) is 5.26 Å². The molecule has 0 unspecified atom stereocenters. The lowest BCUT2D eigenvalue weighted by Crippen LogP contribution is -2.24. The maximum Gasteiger partial charge on any atom is 0.346 e. The lowest BCUT2D eigenvalue weighted by Gasteiger charge is -2.16. The van der Waals surface area contributed by atoms with Crippen molar-refractivity contribution < 1.29 is 14.6 Å². The van der Waals surface area contributed by atoms with Crippen molar-refractivity contribution >= 4 is 12.0 Å². The Labute approximate surface area is 105 Å². The summed E-state index contributed by atoms with van der Waals surface area (Å²) in [6.07, 6.45) is 2.15. The molecule has 4 nitrogen and oxygen atoms in total. The van der Waals surface area contributed by atoms with E-state index in [4.69, 9.17) is 15.1 Å². The molecule has 4 heteroatoms. The minimum absolute atomic E-state index is 0.227. The summed E-state index contributed by atoms with van der Waals surface area (Å²) in [6.45, 7) is 4.00. The standard InChI is InChI=1S/C14H13NO3/c1-14(2)7-10-5-9(3-4-12(10)18-14)6-11(8-15)13(16)17/h3-6H,7H2,1-2H3,(H,16,17). The molecule has 0 fully saturated rings. The Morgan fingerprint density at radius 2 is 2.28 bits per heavy atom. The number of nitriles is 1. The van der Waals surface area contributed by atoms with Gasteiger partial charge in [-0.3, -0.25) is 0 Å². The van der Waals surface area contributed by atoms with E-state index < -0.39 is 5.97 Å². The number of nitrogens with zero attached hydrogens (tertiary/aromatic N) is 1. The molecule has 1 aliphatic heterocycles. The van der Waals surface area contributed by atoms with E-state index in [2.05, 4.69) is 0 Å². The van der Waals surface area contributed by atoms with Crippen molar-refractivity contribution in [3.05, 3.63) is 34.9 Å². The molecule has 0 saturated carbocycles. The zero-order valence-corrected chi connectivity index (χ0v) is 10.2. The second-order valence-electron chi connectivity index (χ2n) is 4.88. The summed E-state index contributed by atoms with van der Waals surface area (Å²) in [6, 6.07) is 7.09. The van der Waals surface area contributed by atoms with Gasteiger partial charge in [-0.1, -0.05) is 6.07 Å². The van der Waals surface area contributed by atoms with Crippen LogP contribution in [0.3, 0.4) is 0 Å². The summed E-state index contributed by atoms with van der Waals surface area (Å²) < 4.78 is 5.73. The molecule has 2 rings (SSSR count). The molecule has 0 bridgehead atoms. The van der Waals surface area contributed by atoms with Crippen LogP contribution in [0.25, 0.3) is 6.08 Å². The first-order valence-corrected chi connectivity index (χ1v) is 5.58. The highest BCUT2D eigenvalue weighted by atomic mass is 16.5. The minimum atomic E-state index is -1.21. The third-order valence-corrected chi connectivity index (χ3v) is 2.75. The number of carbonyl (C=O) groups is 1. The molecule has 0 amide bonds. The zero-order chi connectivity index (χ0) is 13.3. The fourth-order valence-electron chi connectivity index (χ4n) is 2.03. The van der Waals surface area contributed by atoms with Crippen LogP contribution in [0, 0.1) is 11.3 Å². The highest BCUT2D eigenvalue weighted by Gasteiger charge is 2.29. The number of fused-ring (bicyclic) bond motifs is 1. The molecule has 0 spiro atoms. The van der Waals surface area contributed by atoms with Crippen molar-refractivity contribution in [3.8, 4) is 11.8 Å². The number of hydrogen-bond acceptors (Lipinski definition) is 3. The molecule has 1 aliphatic rings. The smallest absolute Gasteiger partial charge is 0.346 e. The quantitative estimate of drug-likeness (QED) is 0.639. The van der Waals surface area contributed by atoms with Gasteiger partial charge in [0, 0.05) is 6.42 Å². The number of carboxylic acid groups (broad SMARTS) is 1. The van der Waals surface area contributed by atoms with Gasteiger partial charge in [0.1, 0.15) is 23.0 Å². The third-order valence-electron chi connectivity index (χ3n) is 2.75. The van der Waals surface area contributed by atoms with Crippen molar-refractivity contribution in [2.45, 2.75) is 25.9 Å². The van der Waals surface area contributed by atoms with Crippen molar-refractivity contribution in [1.82, 2.24) is 0 Å². The van der Waals surface area contributed by atoms with Crippen LogP contribution in [-0.4, -0.2) is 16.7 Å². The Bertz CT molecular complexity index is 579. The first kappa shape index (κ1) is 12.2. The minimum Gasteiger partial charge on any atom is -0.487 e. The number of hydrogen-bond donors (Lipinski definition) is 1. The van der Waals surface area contributed by atoms with E-state index in [1.54, 1.807) is 12.1 Å². The van der Waals surface area contributed by atoms with Crippen LogP contribution in [-0.2, 0) is 11.2 Å². The van der Waals surface area contributed by atoms with E-state index >= 15 is 0 Å². The van der Waals surface area contributed by atoms with E-state index in [-0.39, 0.29) is 11.2 Å². The van der Waals surface area contributed by atoms with Gasteiger partial charge in [0.15, 0.2) is 0 Å². The number of aliphatic carboxylic acids is 1. The predicted octanol–water partition coefficient (Wildman–Crippen LogP) is 2.39. The zero-order valence-electron chi connectivity index (χ0n) is 10.2. The molecule has 0 atom stereocenters. The molecule has 18 heavy (non-hydrogen) atoms. The van der Waals surface area contributed by atoms with E-state index in [0.29, 0.717) is 5.56 Å². The molecular formula is C14H13NO3. The molecule has 0 saturated heterocycles. The Morgan fingerprint density at radius 3 is 2.89 bits per heavy atom. The van der Waals surface area contributed by atoms with Gasteiger partial charge in [0.25, 0.3) is 0 Å². The van der Waals surface area contributed by atoms with Crippen LogP contribution >= 0.6 is 0 Å². The van der Waals surface area contributed by atoms with Gasteiger partial charge in [-0.15, -0.1) is 0 Å². The van der Waals surface area contributed by atoms with Gasteiger partial charge in [-0.05, 0) is 43.2 Å². The van der Waals surface area contributed by atoms with Crippen LogP contribution in [0.1, 0.15) is 25.0 Å². The fourth-order valence-corrected chi connectivity index (χ4v) is 2.03. The Hall–Kier alpha value is -2.28. The molecule has 0 aromatic heterocycles. The number of rotatable bonds is 2. The van der Waals surface area contributed by atoms with E-state index in [9.17, 15) is 4.79 Å². The lowest BCUT2D eigenvalue weighted by atomic mass is 9.99. The molecule has 1 N–H and O–H groups in total. The van der Waals surface area contributed by atoms with Crippen LogP contribution in [0.5, 0.6) is 5.75 Å². The van der Waals surface area contributed by atoms with Crippen molar-refractivity contribution in [3.63, 3.8) is 0 Å². The van der Waals surface area contributed by atoms with Crippen LogP contribution in [0.15, 0.2) is 23.8 Å². The largest absolute Gasteiger partial charge is 0.487 e. The van der Waals surface area contributed by atoms with Crippen LogP contribution < -0.4 is 4.74 Å². The average molecular weight is 243 g/mol. The SMILES string of the molecule is CC1(C)Cc2cc(C=C(C#N)C(=O)O)ccc2O1. The summed E-state index contributed by atoms with van der Waals surface area (Å²) in [7, 11) is 0. The number of carboxylic acids is 1. The molecule has 0 aliphatic carbocycles. The molecule has 92 valence electrons. The molecular weight excluding hydrogens is 230 g/mol.